The van der Waals surface area contributed by atoms with Gasteiger partial charge in [-0.2, -0.15) is 19.0 Å². The number of anilines is 1. The normalized spacial score (nSPS) is 11.2. The summed E-state index contributed by atoms with van der Waals surface area (Å²) < 4.78 is 27.3. The zero-order valence-corrected chi connectivity index (χ0v) is 15.9. The van der Waals surface area contributed by atoms with Crippen molar-refractivity contribution in [3.8, 4) is 0 Å². The molecular weight excluding hydrogens is 399 g/mol. The predicted molar refractivity (Wildman–Crippen MR) is 98.7 cm³/mol. The Morgan fingerprint density at radius 3 is 2.59 bits per heavy atom. The van der Waals surface area contributed by atoms with Crippen LogP contribution in [0.3, 0.4) is 0 Å². The van der Waals surface area contributed by atoms with E-state index in [-0.39, 0.29) is 5.69 Å². The van der Waals surface area contributed by atoms with E-state index in [0.29, 0.717) is 38.3 Å². The first-order chi connectivity index (χ1) is 12.8. The SMILES string of the molecule is Cc1nn(Cc2ccc(Cl)cc2Cl)c(C)c1NC(=O)c1ccn(C(F)F)n1. The van der Waals surface area contributed by atoms with Gasteiger partial charge in [0.05, 0.1) is 23.6 Å². The third-order valence-corrected chi connectivity index (χ3v) is 4.58. The Bertz CT molecular complexity index is 999. The van der Waals surface area contributed by atoms with Gasteiger partial charge in [0.15, 0.2) is 5.69 Å². The minimum atomic E-state index is -2.80. The average Bonchev–Trinajstić information content (AvgIpc) is 3.19. The lowest BCUT2D eigenvalue weighted by molar-refractivity contribution is 0.0561. The molecule has 0 radical (unpaired) electrons. The van der Waals surface area contributed by atoms with Crippen molar-refractivity contribution in [2.45, 2.75) is 26.9 Å². The van der Waals surface area contributed by atoms with E-state index < -0.39 is 12.5 Å². The molecule has 2 aromatic heterocycles. The summed E-state index contributed by atoms with van der Waals surface area (Å²) in [5, 5.41) is 11.7. The fourth-order valence-corrected chi connectivity index (χ4v) is 3.06. The highest BCUT2D eigenvalue weighted by atomic mass is 35.5. The maximum Gasteiger partial charge on any atom is 0.333 e. The molecule has 6 nitrogen and oxygen atoms in total. The minimum Gasteiger partial charge on any atom is -0.317 e. The first kappa shape index (κ1) is 19.3. The van der Waals surface area contributed by atoms with E-state index in [1.807, 2.05) is 0 Å². The Morgan fingerprint density at radius 1 is 1.22 bits per heavy atom. The smallest absolute Gasteiger partial charge is 0.317 e. The second-order valence-electron chi connectivity index (χ2n) is 5.85. The molecule has 0 fully saturated rings. The third kappa shape index (κ3) is 4.12. The third-order valence-electron chi connectivity index (χ3n) is 4.00. The van der Waals surface area contributed by atoms with Crippen LogP contribution in [0.5, 0.6) is 0 Å². The van der Waals surface area contributed by atoms with Crippen molar-refractivity contribution in [2.24, 2.45) is 0 Å². The summed E-state index contributed by atoms with van der Waals surface area (Å²) in [7, 11) is 0. The lowest BCUT2D eigenvalue weighted by atomic mass is 10.2. The van der Waals surface area contributed by atoms with Crippen LogP contribution in [0.15, 0.2) is 30.5 Å². The van der Waals surface area contributed by atoms with Crippen LogP contribution in [0.25, 0.3) is 0 Å². The summed E-state index contributed by atoms with van der Waals surface area (Å²) in [4.78, 5) is 12.3. The number of halogens is 4. The summed E-state index contributed by atoms with van der Waals surface area (Å²) in [5.41, 5.74) is 2.49. The van der Waals surface area contributed by atoms with Gasteiger partial charge in [-0.3, -0.25) is 9.48 Å². The van der Waals surface area contributed by atoms with Crippen molar-refractivity contribution in [3.05, 3.63) is 63.2 Å². The van der Waals surface area contributed by atoms with Crippen molar-refractivity contribution in [1.29, 1.82) is 0 Å². The van der Waals surface area contributed by atoms with Crippen LogP contribution in [0.2, 0.25) is 10.0 Å². The number of nitrogens with one attached hydrogen (secondary N) is 1. The van der Waals surface area contributed by atoms with Crippen molar-refractivity contribution in [2.75, 3.05) is 5.32 Å². The van der Waals surface area contributed by atoms with Gasteiger partial charge >= 0.3 is 6.55 Å². The van der Waals surface area contributed by atoms with Gasteiger partial charge in [0.2, 0.25) is 0 Å². The molecule has 1 amide bonds. The summed E-state index contributed by atoms with van der Waals surface area (Å²) in [6.45, 7) is 1.11. The molecule has 0 spiro atoms. The molecule has 0 saturated carbocycles. The number of benzene rings is 1. The van der Waals surface area contributed by atoms with Gasteiger partial charge in [-0.15, -0.1) is 0 Å². The minimum absolute atomic E-state index is 0.109. The van der Waals surface area contributed by atoms with Crippen molar-refractivity contribution < 1.29 is 13.6 Å². The van der Waals surface area contributed by atoms with Gasteiger partial charge in [-0.05, 0) is 37.6 Å². The Kier molecular flexibility index (Phi) is 5.48. The summed E-state index contributed by atoms with van der Waals surface area (Å²) in [6, 6.07) is 6.41. The van der Waals surface area contributed by atoms with Crippen LogP contribution in [0.4, 0.5) is 14.5 Å². The fourth-order valence-electron chi connectivity index (χ4n) is 2.59. The molecule has 0 aliphatic carbocycles. The number of carbonyl (C=O) groups is 1. The Morgan fingerprint density at radius 2 is 1.96 bits per heavy atom. The van der Waals surface area contributed by atoms with E-state index in [2.05, 4.69) is 15.5 Å². The van der Waals surface area contributed by atoms with E-state index >= 15 is 0 Å². The Labute approximate surface area is 163 Å². The van der Waals surface area contributed by atoms with Gasteiger partial charge in [0, 0.05) is 16.2 Å². The number of alkyl halides is 2. The maximum atomic E-state index is 12.6. The molecule has 3 aromatic rings. The number of carbonyl (C=O) groups excluding carboxylic acids is 1. The lowest BCUT2D eigenvalue weighted by Crippen LogP contribution is -2.15. The quantitative estimate of drug-likeness (QED) is 0.659. The lowest BCUT2D eigenvalue weighted by Gasteiger charge is -2.08. The highest BCUT2D eigenvalue weighted by Crippen LogP contribution is 2.25. The largest absolute Gasteiger partial charge is 0.333 e. The molecular formula is C17H15Cl2F2N5O. The molecule has 0 bridgehead atoms. The van der Waals surface area contributed by atoms with Crippen LogP contribution in [0, 0.1) is 13.8 Å². The predicted octanol–water partition coefficient (Wildman–Crippen LogP) is 4.70. The number of hydrogen-bond acceptors (Lipinski definition) is 3. The molecule has 2 heterocycles. The number of aromatic nitrogens is 4. The van der Waals surface area contributed by atoms with E-state index in [9.17, 15) is 13.6 Å². The van der Waals surface area contributed by atoms with Crippen LogP contribution in [-0.4, -0.2) is 25.5 Å². The monoisotopic (exact) mass is 413 g/mol. The molecule has 0 aliphatic heterocycles. The van der Waals surface area contributed by atoms with E-state index in [1.165, 1.54) is 6.07 Å². The maximum absolute atomic E-state index is 12.6. The molecule has 1 N–H and O–H groups in total. The molecule has 0 aliphatic rings. The number of nitrogens with zero attached hydrogens (tertiary/aromatic N) is 4. The van der Waals surface area contributed by atoms with Crippen LogP contribution >= 0.6 is 23.2 Å². The standard InChI is InChI=1S/C17H15Cl2F2N5O/c1-9-15(22-16(27)14-5-6-25(24-14)17(20)21)10(2)26(23-9)8-11-3-4-12(18)7-13(11)19/h3-7,17H,8H2,1-2H3,(H,22,27). The second-order valence-corrected chi connectivity index (χ2v) is 6.70. The molecule has 27 heavy (non-hydrogen) atoms. The molecule has 0 atom stereocenters. The molecule has 3 rings (SSSR count). The highest BCUT2D eigenvalue weighted by molar-refractivity contribution is 6.35. The number of rotatable bonds is 5. The van der Waals surface area contributed by atoms with Crippen LogP contribution in [0.1, 0.15) is 34.0 Å². The zero-order valence-electron chi connectivity index (χ0n) is 14.4. The average molecular weight is 414 g/mol. The zero-order chi connectivity index (χ0) is 19.7. The van der Waals surface area contributed by atoms with Gasteiger partial charge in [0.1, 0.15) is 0 Å². The van der Waals surface area contributed by atoms with Crippen molar-refractivity contribution in [1.82, 2.24) is 19.6 Å². The highest BCUT2D eigenvalue weighted by Gasteiger charge is 2.18. The Hall–Kier alpha value is -2.45. The van der Waals surface area contributed by atoms with Gasteiger partial charge < -0.3 is 5.32 Å². The van der Waals surface area contributed by atoms with Gasteiger partial charge in [-0.25, -0.2) is 4.68 Å². The molecule has 1 aromatic carbocycles. The first-order valence-corrected chi connectivity index (χ1v) is 8.64. The number of amides is 1. The summed E-state index contributed by atoms with van der Waals surface area (Å²) >= 11 is 12.1. The molecule has 0 saturated heterocycles. The topological polar surface area (TPSA) is 64.7 Å². The summed E-state index contributed by atoms with van der Waals surface area (Å²) in [6.07, 6.45) is 1.05. The second kappa shape index (κ2) is 7.66. The van der Waals surface area contributed by atoms with Crippen molar-refractivity contribution in [3.63, 3.8) is 0 Å². The van der Waals surface area contributed by atoms with E-state index in [4.69, 9.17) is 23.2 Å². The molecule has 0 unspecified atom stereocenters. The van der Waals surface area contributed by atoms with E-state index in [1.54, 1.807) is 36.7 Å². The molecule has 10 heteroatoms. The van der Waals surface area contributed by atoms with Crippen LogP contribution in [-0.2, 0) is 6.54 Å². The fraction of sp³-hybridized carbons (Fsp3) is 0.235. The van der Waals surface area contributed by atoms with Gasteiger partial charge in [-0.1, -0.05) is 29.3 Å². The van der Waals surface area contributed by atoms with Crippen LogP contribution < -0.4 is 5.32 Å². The van der Waals surface area contributed by atoms with E-state index in [0.717, 1.165) is 11.8 Å². The molecule has 142 valence electrons. The first-order valence-electron chi connectivity index (χ1n) is 7.89. The number of aryl methyl sites for hydroxylation is 1. The number of hydrogen-bond donors (Lipinski definition) is 1. The Balaban J connectivity index is 1.81. The van der Waals surface area contributed by atoms with Crippen molar-refractivity contribution >= 4 is 34.8 Å². The summed E-state index contributed by atoms with van der Waals surface area (Å²) in [5.74, 6) is -0.593. The van der Waals surface area contributed by atoms with Gasteiger partial charge in [0.25, 0.3) is 5.91 Å².